The molecule has 2 N–H and O–H groups in total. The molecule has 0 aromatic carbocycles. The highest BCUT2D eigenvalue weighted by molar-refractivity contribution is 7.89. The summed E-state index contributed by atoms with van der Waals surface area (Å²) in [4.78, 5) is 3.98. The highest BCUT2D eigenvalue weighted by atomic mass is 32.2. The Bertz CT molecular complexity index is 459. The molecule has 1 atom stereocenters. The first-order valence-corrected chi connectivity index (χ1v) is 6.91. The average molecular weight is 247 g/mol. The third-order valence-corrected chi connectivity index (χ3v) is 2.85. The summed E-state index contributed by atoms with van der Waals surface area (Å²) < 4.78 is 26.9. The molecule has 0 radical (unpaired) electrons. The van der Waals surface area contributed by atoms with Gasteiger partial charge in [0.15, 0.2) is 15.7 Å². The van der Waals surface area contributed by atoms with E-state index in [0.717, 1.165) is 6.26 Å². The first-order valence-electron chi connectivity index (χ1n) is 4.85. The van der Waals surface area contributed by atoms with Crippen molar-refractivity contribution < 1.29 is 12.9 Å². The molecule has 0 saturated heterocycles. The quantitative estimate of drug-likeness (QED) is 0.842. The molecule has 1 heterocycles. The summed E-state index contributed by atoms with van der Waals surface area (Å²) >= 11 is 0. The van der Waals surface area contributed by atoms with Crippen LogP contribution in [0.5, 0.6) is 0 Å². The molecule has 16 heavy (non-hydrogen) atoms. The Balaban J connectivity index is 2.88. The molecular weight excluding hydrogens is 230 g/mol. The van der Waals surface area contributed by atoms with Crippen LogP contribution in [-0.4, -0.2) is 24.8 Å². The fourth-order valence-electron chi connectivity index (χ4n) is 1.06. The summed E-state index contributed by atoms with van der Waals surface area (Å²) in [6.07, 6.45) is 1.11. The minimum atomic E-state index is -3.16. The Kier molecular flexibility index (Phi) is 3.39. The zero-order chi connectivity index (χ0) is 12.6. The molecule has 0 saturated carbocycles. The van der Waals surface area contributed by atoms with Crippen molar-refractivity contribution in [3.05, 3.63) is 11.7 Å². The van der Waals surface area contributed by atoms with E-state index in [2.05, 4.69) is 10.1 Å². The predicted octanol–water partition coefficient (Wildman–Crippen LogP) is 0.660. The standard InChI is InChI=1S/C9H17N3O3S/c1-9(2,3)7(10)8-11-6(15-12-8)5-16(4,13)14/h7H,5,10H2,1-4H3. The summed E-state index contributed by atoms with van der Waals surface area (Å²) in [7, 11) is -3.16. The summed E-state index contributed by atoms with van der Waals surface area (Å²) in [5.74, 6) is 0.167. The number of sulfone groups is 1. The Morgan fingerprint density at radius 1 is 1.44 bits per heavy atom. The van der Waals surface area contributed by atoms with Crippen molar-refractivity contribution in [2.45, 2.75) is 32.6 Å². The molecule has 0 aliphatic carbocycles. The molecule has 1 aromatic heterocycles. The van der Waals surface area contributed by atoms with E-state index in [4.69, 9.17) is 10.3 Å². The number of rotatable bonds is 3. The Hall–Kier alpha value is -0.950. The second kappa shape index (κ2) is 4.14. The molecule has 0 aliphatic heterocycles. The highest BCUT2D eigenvalue weighted by Crippen LogP contribution is 2.28. The first-order chi connectivity index (χ1) is 7.09. The minimum Gasteiger partial charge on any atom is -0.338 e. The average Bonchev–Trinajstić information content (AvgIpc) is 2.46. The Morgan fingerprint density at radius 3 is 2.44 bits per heavy atom. The fourth-order valence-corrected chi connectivity index (χ4v) is 1.63. The van der Waals surface area contributed by atoms with Gasteiger partial charge in [-0.25, -0.2) is 8.42 Å². The minimum absolute atomic E-state index is 0.0807. The van der Waals surface area contributed by atoms with Gasteiger partial charge in [0.05, 0.1) is 6.04 Å². The van der Waals surface area contributed by atoms with E-state index in [1.165, 1.54) is 0 Å². The van der Waals surface area contributed by atoms with Crippen molar-refractivity contribution in [3.63, 3.8) is 0 Å². The van der Waals surface area contributed by atoms with Gasteiger partial charge in [-0.1, -0.05) is 25.9 Å². The Labute approximate surface area is 95.1 Å². The lowest BCUT2D eigenvalue weighted by molar-refractivity contribution is 0.301. The van der Waals surface area contributed by atoms with E-state index in [1.54, 1.807) is 0 Å². The van der Waals surface area contributed by atoms with Crippen molar-refractivity contribution in [3.8, 4) is 0 Å². The number of nitrogens with zero attached hydrogens (tertiary/aromatic N) is 2. The van der Waals surface area contributed by atoms with E-state index in [9.17, 15) is 8.42 Å². The maximum atomic E-state index is 11.0. The highest BCUT2D eigenvalue weighted by Gasteiger charge is 2.27. The van der Waals surface area contributed by atoms with Crippen LogP contribution >= 0.6 is 0 Å². The molecule has 0 aliphatic rings. The maximum Gasteiger partial charge on any atom is 0.241 e. The smallest absolute Gasteiger partial charge is 0.241 e. The van der Waals surface area contributed by atoms with Crippen molar-refractivity contribution in [2.24, 2.45) is 11.1 Å². The van der Waals surface area contributed by atoms with Gasteiger partial charge in [0, 0.05) is 6.26 Å². The molecule has 1 rings (SSSR count). The van der Waals surface area contributed by atoms with Crippen molar-refractivity contribution in [2.75, 3.05) is 6.26 Å². The SMILES string of the molecule is CC(C)(C)C(N)c1noc(CS(C)(=O)=O)n1. The molecule has 1 unspecified atom stereocenters. The molecule has 0 amide bonds. The lowest BCUT2D eigenvalue weighted by Crippen LogP contribution is -2.27. The fraction of sp³-hybridized carbons (Fsp3) is 0.778. The second-order valence-electron chi connectivity index (χ2n) is 4.96. The van der Waals surface area contributed by atoms with Gasteiger partial charge in [0.25, 0.3) is 0 Å². The molecular formula is C9H17N3O3S. The van der Waals surface area contributed by atoms with E-state index in [-0.39, 0.29) is 23.1 Å². The van der Waals surface area contributed by atoms with Crippen LogP contribution in [-0.2, 0) is 15.6 Å². The van der Waals surface area contributed by atoms with Crippen molar-refractivity contribution in [1.82, 2.24) is 10.1 Å². The van der Waals surface area contributed by atoms with Crippen LogP contribution < -0.4 is 5.73 Å². The number of hydrogen-bond donors (Lipinski definition) is 1. The normalized spacial score (nSPS) is 15.1. The van der Waals surface area contributed by atoms with Crippen molar-refractivity contribution in [1.29, 1.82) is 0 Å². The van der Waals surface area contributed by atoms with Gasteiger partial charge in [-0.2, -0.15) is 4.98 Å². The van der Waals surface area contributed by atoms with Gasteiger partial charge in [-0.3, -0.25) is 0 Å². The lowest BCUT2D eigenvalue weighted by Gasteiger charge is -2.23. The van der Waals surface area contributed by atoms with E-state index < -0.39 is 9.84 Å². The van der Waals surface area contributed by atoms with Crippen LogP contribution in [0.3, 0.4) is 0 Å². The number of aromatic nitrogens is 2. The van der Waals surface area contributed by atoms with Crippen LogP contribution in [0.15, 0.2) is 4.52 Å². The van der Waals surface area contributed by atoms with Crippen LogP contribution in [0.1, 0.15) is 38.5 Å². The van der Waals surface area contributed by atoms with Gasteiger partial charge in [-0.05, 0) is 5.41 Å². The molecule has 92 valence electrons. The van der Waals surface area contributed by atoms with E-state index in [0.29, 0.717) is 5.82 Å². The Morgan fingerprint density at radius 2 is 2.00 bits per heavy atom. The summed E-state index contributed by atoms with van der Waals surface area (Å²) in [6.45, 7) is 5.85. The third-order valence-electron chi connectivity index (χ3n) is 2.08. The van der Waals surface area contributed by atoms with Gasteiger partial charge in [0.1, 0.15) is 5.75 Å². The monoisotopic (exact) mass is 247 g/mol. The molecule has 1 aromatic rings. The maximum absolute atomic E-state index is 11.0. The molecule has 0 bridgehead atoms. The van der Waals surface area contributed by atoms with Crippen LogP contribution in [0, 0.1) is 5.41 Å². The molecule has 6 nitrogen and oxygen atoms in total. The summed E-state index contributed by atoms with van der Waals surface area (Å²) in [5, 5.41) is 3.69. The van der Waals surface area contributed by atoms with E-state index in [1.807, 2.05) is 20.8 Å². The molecule has 0 fully saturated rings. The van der Waals surface area contributed by atoms with Gasteiger partial charge in [0.2, 0.25) is 5.89 Å². The largest absolute Gasteiger partial charge is 0.338 e. The first kappa shape index (κ1) is 13.1. The zero-order valence-corrected chi connectivity index (χ0v) is 10.7. The van der Waals surface area contributed by atoms with Gasteiger partial charge >= 0.3 is 0 Å². The third kappa shape index (κ3) is 3.57. The van der Waals surface area contributed by atoms with Gasteiger partial charge in [-0.15, -0.1) is 0 Å². The van der Waals surface area contributed by atoms with Crippen LogP contribution in [0.4, 0.5) is 0 Å². The number of nitrogens with two attached hydrogens (primary N) is 1. The second-order valence-corrected chi connectivity index (χ2v) is 7.10. The van der Waals surface area contributed by atoms with Crippen molar-refractivity contribution >= 4 is 9.84 Å². The van der Waals surface area contributed by atoms with Crippen LogP contribution in [0.25, 0.3) is 0 Å². The topological polar surface area (TPSA) is 99.1 Å². The molecule has 0 spiro atoms. The zero-order valence-electron chi connectivity index (χ0n) is 9.89. The molecule has 7 heteroatoms. The van der Waals surface area contributed by atoms with Crippen LogP contribution in [0.2, 0.25) is 0 Å². The summed E-state index contributed by atoms with van der Waals surface area (Å²) in [5.41, 5.74) is 5.71. The lowest BCUT2D eigenvalue weighted by atomic mass is 9.87. The number of hydrogen-bond acceptors (Lipinski definition) is 6. The van der Waals surface area contributed by atoms with E-state index >= 15 is 0 Å². The van der Waals surface area contributed by atoms with Gasteiger partial charge < -0.3 is 10.3 Å². The summed E-state index contributed by atoms with van der Waals surface area (Å²) in [6, 6.07) is -0.385. The predicted molar refractivity (Wildman–Crippen MR) is 59.2 cm³/mol.